The summed E-state index contributed by atoms with van der Waals surface area (Å²) in [5, 5.41) is 9.22. The van der Waals surface area contributed by atoms with E-state index < -0.39 is 12.1 Å². The van der Waals surface area contributed by atoms with Crippen molar-refractivity contribution in [1.29, 1.82) is 0 Å². The minimum atomic E-state index is -1.09. The number of carboxylic acid groups (broad SMARTS) is 1. The van der Waals surface area contributed by atoms with Crippen LogP contribution in [0.1, 0.15) is 10.4 Å². The van der Waals surface area contributed by atoms with Crippen LogP contribution in [-0.4, -0.2) is 54.8 Å². The Hall–Kier alpha value is -1.79. The summed E-state index contributed by atoms with van der Waals surface area (Å²) in [5.74, 6) is -1.09. The van der Waals surface area contributed by atoms with E-state index >= 15 is 0 Å². The van der Waals surface area contributed by atoms with Gasteiger partial charge in [-0.3, -0.25) is 4.79 Å². The first-order valence-corrected chi connectivity index (χ1v) is 6.38. The Bertz CT molecular complexity index is 533. The van der Waals surface area contributed by atoms with E-state index in [1.54, 1.807) is 18.2 Å². The number of hydrogen-bond acceptors (Lipinski definition) is 4. The van der Waals surface area contributed by atoms with Crippen molar-refractivity contribution in [3.05, 3.63) is 28.8 Å². The predicted molar refractivity (Wildman–Crippen MR) is 71.3 cm³/mol. The Morgan fingerprint density at radius 1 is 1.50 bits per heavy atom. The van der Waals surface area contributed by atoms with Crippen molar-refractivity contribution in [2.45, 2.75) is 6.10 Å². The molecule has 108 valence electrons. The lowest BCUT2D eigenvalue weighted by atomic mass is 10.1. The maximum absolute atomic E-state index is 12.5. The molecule has 2 rings (SSSR count). The van der Waals surface area contributed by atoms with Gasteiger partial charge in [0.2, 0.25) is 0 Å². The molecule has 1 aromatic rings. The number of morpholine rings is 1. The molecule has 0 saturated carbocycles. The molecule has 0 unspecified atom stereocenters. The molecule has 1 N–H and O–H groups in total. The van der Waals surface area contributed by atoms with Gasteiger partial charge in [0, 0.05) is 6.54 Å². The summed E-state index contributed by atoms with van der Waals surface area (Å²) in [6, 6.07) is 4.90. The molecule has 1 aliphatic rings. The Morgan fingerprint density at radius 2 is 2.25 bits per heavy atom. The number of carboxylic acids is 1. The number of hydrogen-bond donors (Lipinski definition) is 1. The van der Waals surface area contributed by atoms with Gasteiger partial charge >= 0.3 is 5.97 Å². The van der Waals surface area contributed by atoms with Crippen LogP contribution >= 0.6 is 11.6 Å². The van der Waals surface area contributed by atoms with Crippen LogP contribution in [-0.2, 0) is 9.53 Å². The molecular weight excluding hydrogens is 286 g/mol. The van der Waals surface area contributed by atoms with E-state index in [1.165, 1.54) is 12.0 Å². The Balaban J connectivity index is 2.25. The third kappa shape index (κ3) is 2.86. The van der Waals surface area contributed by atoms with Crippen LogP contribution < -0.4 is 4.74 Å². The maximum Gasteiger partial charge on any atom is 0.334 e. The van der Waals surface area contributed by atoms with Gasteiger partial charge in [0.1, 0.15) is 11.3 Å². The van der Waals surface area contributed by atoms with E-state index in [2.05, 4.69) is 0 Å². The zero-order chi connectivity index (χ0) is 14.7. The molecule has 1 amide bonds. The number of amides is 1. The highest BCUT2D eigenvalue weighted by Gasteiger charge is 2.31. The number of nitrogens with zero attached hydrogens (tertiary/aromatic N) is 1. The number of methoxy groups -OCH3 is 1. The molecule has 0 spiro atoms. The van der Waals surface area contributed by atoms with Crippen molar-refractivity contribution in [3.8, 4) is 5.75 Å². The second kappa shape index (κ2) is 6.11. The van der Waals surface area contributed by atoms with Gasteiger partial charge < -0.3 is 19.5 Å². The zero-order valence-corrected chi connectivity index (χ0v) is 11.6. The smallest absolute Gasteiger partial charge is 0.334 e. The van der Waals surface area contributed by atoms with E-state index in [9.17, 15) is 9.59 Å². The van der Waals surface area contributed by atoms with E-state index in [1.807, 2.05) is 0 Å². The van der Waals surface area contributed by atoms with Crippen molar-refractivity contribution >= 4 is 23.5 Å². The molecule has 6 nitrogen and oxygen atoms in total. The molecule has 1 heterocycles. The van der Waals surface area contributed by atoms with Crippen LogP contribution in [0.15, 0.2) is 18.2 Å². The Kier molecular flexibility index (Phi) is 4.46. The second-order valence-corrected chi connectivity index (χ2v) is 4.67. The monoisotopic (exact) mass is 299 g/mol. The number of halogens is 1. The SMILES string of the molecule is COc1cccc(Cl)c1C(=O)N1CCO[C@H](C(=O)O)C1. The summed E-state index contributed by atoms with van der Waals surface area (Å²) < 4.78 is 10.2. The highest BCUT2D eigenvalue weighted by molar-refractivity contribution is 6.34. The lowest BCUT2D eigenvalue weighted by molar-refractivity contribution is -0.154. The van der Waals surface area contributed by atoms with Crippen molar-refractivity contribution < 1.29 is 24.2 Å². The maximum atomic E-state index is 12.5. The van der Waals surface area contributed by atoms with E-state index in [0.29, 0.717) is 12.3 Å². The molecule has 0 radical (unpaired) electrons. The molecule has 1 atom stereocenters. The van der Waals surface area contributed by atoms with Gasteiger partial charge in [0.15, 0.2) is 6.10 Å². The van der Waals surface area contributed by atoms with Crippen LogP contribution in [0.25, 0.3) is 0 Å². The minimum Gasteiger partial charge on any atom is -0.496 e. The van der Waals surface area contributed by atoms with Crippen molar-refractivity contribution in [2.24, 2.45) is 0 Å². The first-order valence-electron chi connectivity index (χ1n) is 6.00. The summed E-state index contributed by atoms with van der Waals surface area (Å²) in [6.07, 6.45) is -1.01. The van der Waals surface area contributed by atoms with Gasteiger partial charge in [0.25, 0.3) is 5.91 Å². The average molecular weight is 300 g/mol. The van der Waals surface area contributed by atoms with Crippen LogP contribution in [0.4, 0.5) is 0 Å². The summed E-state index contributed by atoms with van der Waals surface area (Å²) >= 11 is 6.05. The molecule has 1 saturated heterocycles. The van der Waals surface area contributed by atoms with E-state index in [0.717, 1.165) is 0 Å². The van der Waals surface area contributed by atoms with Crippen molar-refractivity contribution in [3.63, 3.8) is 0 Å². The molecule has 1 aliphatic heterocycles. The van der Waals surface area contributed by atoms with E-state index in [4.69, 9.17) is 26.2 Å². The fourth-order valence-electron chi connectivity index (χ4n) is 2.02. The summed E-state index contributed by atoms with van der Waals surface area (Å²) in [6.45, 7) is 0.481. The van der Waals surface area contributed by atoms with Crippen molar-refractivity contribution in [1.82, 2.24) is 4.90 Å². The third-order valence-electron chi connectivity index (χ3n) is 3.04. The van der Waals surface area contributed by atoms with Crippen molar-refractivity contribution in [2.75, 3.05) is 26.8 Å². The molecule has 1 fully saturated rings. The number of ether oxygens (including phenoxy) is 2. The Morgan fingerprint density at radius 3 is 2.90 bits per heavy atom. The molecule has 0 bridgehead atoms. The van der Waals surface area contributed by atoms with Crippen LogP contribution in [0.5, 0.6) is 5.75 Å². The largest absolute Gasteiger partial charge is 0.496 e. The number of aliphatic carboxylic acids is 1. The molecule has 0 aliphatic carbocycles. The number of benzene rings is 1. The van der Waals surface area contributed by atoms with Crippen LogP contribution in [0, 0.1) is 0 Å². The Labute approximate surface area is 120 Å². The highest BCUT2D eigenvalue weighted by atomic mass is 35.5. The van der Waals surface area contributed by atoms with Gasteiger partial charge in [-0.2, -0.15) is 0 Å². The minimum absolute atomic E-state index is 0.0114. The lowest BCUT2D eigenvalue weighted by Gasteiger charge is -2.31. The van der Waals surface area contributed by atoms with Gasteiger partial charge in [0.05, 0.1) is 25.3 Å². The van der Waals surface area contributed by atoms with Crippen LogP contribution in [0.2, 0.25) is 5.02 Å². The second-order valence-electron chi connectivity index (χ2n) is 4.27. The van der Waals surface area contributed by atoms with E-state index in [-0.39, 0.29) is 29.6 Å². The number of carbonyl (C=O) groups excluding carboxylic acids is 1. The first-order chi connectivity index (χ1) is 9.54. The molecule has 7 heteroatoms. The predicted octanol–water partition coefficient (Wildman–Crippen LogP) is 1.27. The topological polar surface area (TPSA) is 76.1 Å². The fraction of sp³-hybridized carbons (Fsp3) is 0.385. The van der Waals surface area contributed by atoms with Gasteiger partial charge in [-0.05, 0) is 12.1 Å². The fourth-order valence-corrected chi connectivity index (χ4v) is 2.27. The summed E-state index contributed by atoms with van der Waals surface area (Å²) in [4.78, 5) is 24.8. The standard InChI is InChI=1S/C13H14ClNO5/c1-19-9-4-2-3-8(14)11(9)12(16)15-5-6-20-10(7-15)13(17)18/h2-4,10H,5-7H2,1H3,(H,17,18)/t10-/m0/s1. The lowest BCUT2D eigenvalue weighted by Crippen LogP contribution is -2.48. The average Bonchev–Trinajstić information content (AvgIpc) is 2.46. The van der Waals surface area contributed by atoms with Crippen LogP contribution in [0.3, 0.4) is 0 Å². The highest BCUT2D eigenvalue weighted by Crippen LogP contribution is 2.28. The molecule has 1 aromatic carbocycles. The third-order valence-corrected chi connectivity index (χ3v) is 3.35. The summed E-state index contributed by atoms with van der Waals surface area (Å²) in [7, 11) is 1.45. The van der Waals surface area contributed by atoms with Gasteiger partial charge in [-0.25, -0.2) is 4.79 Å². The normalized spacial score (nSPS) is 18.7. The van der Waals surface area contributed by atoms with Gasteiger partial charge in [-0.15, -0.1) is 0 Å². The molecular formula is C13H14ClNO5. The summed E-state index contributed by atoms with van der Waals surface area (Å²) in [5.41, 5.74) is 0.239. The number of carbonyl (C=O) groups is 2. The van der Waals surface area contributed by atoms with Gasteiger partial charge in [-0.1, -0.05) is 17.7 Å². The number of rotatable bonds is 3. The quantitative estimate of drug-likeness (QED) is 0.910. The molecule has 0 aromatic heterocycles. The first kappa shape index (κ1) is 14.6. The molecule has 20 heavy (non-hydrogen) atoms. The zero-order valence-electron chi connectivity index (χ0n) is 10.8.